The molecule has 1 heterocycles. The molecule has 2 atom stereocenters. The molecule has 1 fully saturated rings. The van der Waals surface area contributed by atoms with Crippen molar-refractivity contribution in [1.29, 1.82) is 0 Å². The molecule has 1 aliphatic heterocycles. The highest BCUT2D eigenvalue weighted by molar-refractivity contribution is 5.94. The van der Waals surface area contributed by atoms with Crippen molar-refractivity contribution in [3.8, 4) is 17.2 Å². The van der Waals surface area contributed by atoms with Crippen LogP contribution in [-0.4, -0.2) is 49.0 Å². The van der Waals surface area contributed by atoms with Crippen molar-refractivity contribution in [2.45, 2.75) is 31.5 Å². The van der Waals surface area contributed by atoms with Gasteiger partial charge in [-0.3, -0.25) is 4.79 Å². The molecule has 0 saturated carbocycles. The zero-order valence-corrected chi connectivity index (χ0v) is 13.3. The van der Waals surface area contributed by atoms with Crippen LogP contribution < -0.4 is 9.47 Å². The molecule has 6 nitrogen and oxygen atoms in total. The molecule has 1 aliphatic rings. The second kappa shape index (κ2) is 7.99. The maximum atomic E-state index is 12.0. The summed E-state index contributed by atoms with van der Waals surface area (Å²) in [6, 6.07) is 3.23. The van der Waals surface area contributed by atoms with Crippen LogP contribution in [-0.2, 0) is 9.53 Å². The van der Waals surface area contributed by atoms with Gasteiger partial charge in [-0.1, -0.05) is 6.08 Å². The lowest BCUT2D eigenvalue weighted by atomic mass is 10.0. The van der Waals surface area contributed by atoms with Crippen molar-refractivity contribution in [2.75, 3.05) is 20.8 Å². The average Bonchev–Trinajstić information content (AvgIpc) is 2.53. The van der Waals surface area contributed by atoms with Gasteiger partial charge in [0.2, 0.25) is 5.75 Å². The number of methoxy groups -OCH3 is 2. The van der Waals surface area contributed by atoms with Gasteiger partial charge in [-0.15, -0.1) is 0 Å². The standard InChI is InChI=1S/C17H22O6/c1-21-15-7-11(8-16(22-2)17(15)20)3-4-12(18)9-14-10-13(19)5-6-23-14/h3-4,7-8,13-14,19-20H,5-6,9-10H2,1-2H3/b4-3+. The maximum absolute atomic E-state index is 12.0. The van der Waals surface area contributed by atoms with Crippen molar-refractivity contribution in [2.24, 2.45) is 0 Å². The molecule has 0 aromatic heterocycles. The fraction of sp³-hybridized carbons (Fsp3) is 0.471. The average molecular weight is 322 g/mol. The van der Waals surface area contributed by atoms with E-state index in [1.54, 1.807) is 18.2 Å². The summed E-state index contributed by atoms with van der Waals surface area (Å²) in [5.41, 5.74) is 0.675. The summed E-state index contributed by atoms with van der Waals surface area (Å²) in [5.74, 6) is 0.378. The molecule has 0 amide bonds. The molecule has 2 N–H and O–H groups in total. The summed E-state index contributed by atoms with van der Waals surface area (Å²) in [7, 11) is 2.89. The zero-order valence-electron chi connectivity index (χ0n) is 13.3. The minimum atomic E-state index is -0.392. The molecule has 1 saturated heterocycles. The monoisotopic (exact) mass is 322 g/mol. The number of phenols is 1. The van der Waals surface area contributed by atoms with Gasteiger partial charge in [0.15, 0.2) is 17.3 Å². The number of carbonyl (C=O) groups is 1. The van der Waals surface area contributed by atoms with E-state index in [-0.39, 0.29) is 35.6 Å². The van der Waals surface area contributed by atoms with Gasteiger partial charge in [-0.05, 0) is 30.2 Å². The Morgan fingerprint density at radius 3 is 2.57 bits per heavy atom. The van der Waals surface area contributed by atoms with Gasteiger partial charge >= 0.3 is 0 Å². The maximum Gasteiger partial charge on any atom is 0.200 e. The number of rotatable bonds is 6. The Kier molecular flexibility index (Phi) is 6.01. The first-order chi connectivity index (χ1) is 11.0. The van der Waals surface area contributed by atoms with Gasteiger partial charge in [0.05, 0.1) is 26.4 Å². The molecule has 0 radical (unpaired) electrons. The second-order valence-electron chi connectivity index (χ2n) is 5.45. The Hall–Kier alpha value is -2.05. The van der Waals surface area contributed by atoms with Gasteiger partial charge in [-0.25, -0.2) is 0 Å². The van der Waals surface area contributed by atoms with Crippen molar-refractivity contribution in [3.05, 3.63) is 23.8 Å². The lowest BCUT2D eigenvalue weighted by Crippen LogP contribution is -2.30. The molecule has 0 aliphatic carbocycles. The number of hydrogen-bond acceptors (Lipinski definition) is 6. The Morgan fingerprint density at radius 1 is 1.35 bits per heavy atom. The first kappa shape index (κ1) is 17.3. The molecule has 1 aromatic rings. The van der Waals surface area contributed by atoms with Gasteiger partial charge in [0.25, 0.3) is 0 Å². The smallest absolute Gasteiger partial charge is 0.200 e. The van der Waals surface area contributed by atoms with Crippen LogP contribution in [0.15, 0.2) is 18.2 Å². The van der Waals surface area contributed by atoms with E-state index < -0.39 is 6.10 Å². The van der Waals surface area contributed by atoms with Crippen molar-refractivity contribution < 1.29 is 29.2 Å². The first-order valence-corrected chi connectivity index (χ1v) is 7.49. The third-order valence-electron chi connectivity index (χ3n) is 3.73. The Balaban J connectivity index is 2.03. The summed E-state index contributed by atoms with van der Waals surface area (Å²) in [6.07, 6.45) is 3.80. The van der Waals surface area contributed by atoms with Gasteiger partial charge < -0.3 is 24.4 Å². The molecular formula is C17H22O6. The van der Waals surface area contributed by atoms with Crippen molar-refractivity contribution in [1.82, 2.24) is 0 Å². The second-order valence-corrected chi connectivity index (χ2v) is 5.45. The Labute approximate surface area is 135 Å². The highest BCUT2D eigenvalue weighted by atomic mass is 16.5. The predicted octanol–water partition coefficient (Wildman–Crippen LogP) is 1.92. The number of carbonyl (C=O) groups excluding carboxylic acids is 1. The Morgan fingerprint density at radius 2 is 2.00 bits per heavy atom. The van der Waals surface area contributed by atoms with E-state index >= 15 is 0 Å². The Bertz CT molecular complexity index is 555. The first-order valence-electron chi connectivity index (χ1n) is 7.49. The highest BCUT2D eigenvalue weighted by Crippen LogP contribution is 2.37. The summed E-state index contributed by atoms with van der Waals surface area (Å²) in [6.45, 7) is 0.481. The van der Waals surface area contributed by atoms with Crippen LogP contribution in [0.25, 0.3) is 6.08 Å². The largest absolute Gasteiger partial charge is 0.502 e. The number of phenolic OH excluding ortho intramolecular Hbond substituents is 1. The van der Waals surface area contributed by atoms with E-state index in [1.807, 2.05) is 0 Å². The van der Waals surface area contributed by atoms with E-state index in [9.17, 15) is 15.0 Å². The summed E-state index contributed by atoms with van der Waals surface area (Å²) >= 11 is 0. The number of benzene rings is 1. The van der Waals surface area contributed by atoms with Gasteiger partial charge in [-0.2, -0.15) is 0 Å². The summed E-state index contributed by atoms with van der Waals surface area (Å²) in [5, 5.41) is 19.4. The number of aliphatic hydroxyl groups excluding tert-OH is 1. The predicted molar refractivity (Wildman–Crippen MR) is 84.8 cm³/mol. The van der Waals surface area contributed by atoms with Crippen LogP contribution in [0.1, 0.15) is 24.8 Å². The molecule has 2 rings (SSSR count). The minimum Gasteiger partial charge on any atom is -0.502 e. The normalized spacial score (nSPS) is 21.3. The topological polar surface area (TPSA) is 85.2 Å². The fourth-order valence-corrected chi connectivity index (χ4v) is 2.49. The van der Waals surface area contributed by atoms with E-state index in [4.69, 9.17) is 14.2 Å². The number of hydrogen-bond donors (Lipinski definition) is 2. The van der Waals surface area contributed by atoms with Crippen LogP contribution in [0, 0.1) is 0 Å². The van der Waals surface area contributed by atoms with Gasteiger partial charge in [0.1, 0.15) is 0 Å². The van der Waals surface area contributed by atoms with Gasteiger partial charge in [0, 0.05) is 19.4 Å². The number of ether oxygens (including phenoxy) is 3. The van der Waals surface area contributed by atoms with E-state index in [0.717, 1.165) is 0 Å². The summed E-state index contributed by atoms with van der Waals surface area (Å²) < 4.78 is 15.6. The third kappa shape index (κ3) is 4.71. The van der Waals surface area contributed by atoms with Crippen LogP contribution in [0.4, 0.5) is 0 Å². The number of allylic oxidation sites excluding steroid dienone is 1. The van der Waals surface area contributed by atoms with Crippen LogP contribution in [0.2, 0.25) is 0 Å². The zero-order chi connectivity index (χ0) is 16.8. The van der Waals surface area contributed by atoms with E-state index in [2.05, 4.69) is 0 Å². The summed E-state index contributed by atoms with van der Waals surface area (Å²) in [4.78, 5) is 12.0. The molecule has 23 heavy (non-hydrogen) atoms. The molecule has 0 bridgehead atoms. The molecule has 0 spiro atoms. The quantitative estimate of drug-likeness (QED) is 0.778. The van der Waals surface area contributed by atoms with Crippen molar-refractivity contribution >= 4 is 11.9 Å². The molecule has 1 aromatic carbocycles. The lowest BCUT2D eigenvalue weighted by Gasteiger charge is -2.25. The minimum absolute atomic E-state index is 0.0805. The van der Waals surface area contributed by atoms with Crippen LogP contribution in [0.3, 0.4) is 0 Å². The third-order valence-corrected chi connectivity index (χ3v) is 3.73. The fourth-order valence-electron chi connectivity index (χ4n) is 2.49. The van der Waals surface area contributed by atoms with E-state index in [1.165, 1.54) is 20.3 Å². The molecule has 126 valence electrons. The highest BCUT2D eigenvalue weighted by Gasteiger charge is 2.22. The molecule has 2 unspecified atom stereocenters. The number of ketones is 1. The lowest BCUT2D eigenvalue weighted by molar-refractivity contribution is -0.119. The SMILES string of the molecule is COc1cc(/C=C/C(=O)CC2CC(O)CCO2)cc(OC)c1O. The number of aliphatic hydroxyl groups is 1. The van der Waals surface area contributed by atoms with E-state index in [0.29, 0.717) is 25.0 Å². The molecule has 6 heteroatoms. The van der Waals surface area contributed by atoms with Crippen LogP contribution in [0.5, 0.6) is 17.2 Å². The van der Waals surface area contributed by atoms with Crippen LogP contribution >= 0.6 is 0 Å². The molecular weight excluding hydrogens is 300 g/mol. The van der Waals surface area contributed by atoms with Crippen molar-refractivity contribution in [3.63, 3.8) is 0 Å². The number of aromatic hydroxyl groups is 1.